The van der Waals surface area contributed by atoms with Crippen molar-refractivity contribution in [2.75, 3.05) is 18.1 Å². The predicted molar refractivity (Wildman–Crippen MR) is 86.5 cm³/mol. The van der Waals surface area contributed by atoms with Crippen LogP contribution in [0.5, 0.6) is 0 Å². The summed E-state index contributed by atoms with van der Waals surface area (Å²) < 4.78 is 23.9. The number of aromatic nitrogens is 1. The van der Waals surface area contributed by atoms with E-state index in [0.29, 0.717) is 5.69 Å². The Hall–Kier alpha value is -1.43. The lowest BCUT2D eigenvalue weighted by atomic mass is 9.86. The number of carbonyl (C=O) groups is 1. The van der Waals surface area contributed by atoms with Gasteiger partial charge in [0.05, 0.1) is 17.5 Å². The molecule has 1 unspecified atom stereocenters. The molecule has 2 rings (SSSR count). The minimum Gasteiger partial charge on any atom is -0.332 e. The van der Waals surface area contributed by atoms with Gasteiger partial charge in [0.1, 0.15) is 5.69 Å². The maximum Gasteiger partial charge on any atom is 0.272 e. The van der Waals surface area contributed by atoms with Crippen molar-refractivity contribution < 1.29 is 13.2 Å². The molecule has 6 heteroatoms. The maximum atomic E-state index is 12.8. The van der Waals surface area contributed by atoms with E-state index in [1.165, 1.54) is 0 Å². The van der Waals surface area contributed by atoms with Gasteiger partial charge < -0.3 is 4.90 Å². The Balaban J connectivity index is 2.34. The van der Waals surface area contributed by atoms with Crippen molar-refractivity contribution in [3.63, 3.8) is 0 Å². The van der Waals surface area contributed by atoms with Gasteiger partial charge >= 0.3 is 0 Å². The van der Waals surface area contributed by atoms with Crippen LogP contribution in [0, 0.1) is 5.41 Å². The second-order valence-electron chi connectivity index (χ2n) is 6.86. The number of hydrogen-bond donors (Lipinski definition) is 0. The Morgan fingerprint density at radius 3 is 2.64 bits per heavy atom. The lowest BCUT2D eigenvalue weighted by Crippen LogP contribution is -2.56. The molecular formula is C16H24N2O3S. The highest BCUT2D eigenvalue weighted by atomic mass is 32.2. The zero-order valence-electron chi connectivity index (χ0n) is 13.7. The topological polar surface area (TPSA) is 67.3 Å². The molecule has 5 nitrogen and oxygen atoms in total. The molecule has 2 heterocycles. The van der Waals surface area contributed by atoms with E-state index in [2.05, 4.69) is 4.98 Å². The first-order chi connectivity index (χ1) is 10.1. The molecule has 22 heavy (non-hydrogen) atoms. The van der Waals surface area contributed by atoms with Crippen molar-refractivity contribution in [1.82, 2.24) is 9.88 Å². The molecule has 1 atom stereocenters. The Morgan fingerprint density at radius 2 is 2.05 bits per heavy atom. The smallest absolute Gasteiger partial charge is 0.272 e. The summed E-state index contributed by atoms with van der Waals surface area (Å²) in [7, 11) is -3.09. The zero-order chi connectivity index (χ0) is 16.5. The first-order valence-electron chi connectivity index (χ1n) is 7.61. The number of rotatable bonds is 2. The molecule has 0 aromatic carbocycles. The molecule has 122 valence electrons. The van der Waals surface area contributed by atoms with Crippen LogP contribution in [0.15, 0.2) is 18.2 Å². The average molecular weight is 324 g/mol. The third-order valence-electron chi connectivity index (χ3n) is 4.08. The highest BCUT2D eigenvalue weighted by Gasteiger charge is 2.41. The van der Waals surface area contributed by atoms with Crippen LogP contribution in [0.2, 0.25) is 0 Å². The third-order valence-corrected chi connectivity index (χ3v) is 5.71. The van der Waals surface area contributed by atoms with E-state index < -0.39 is 9.84 Å². The fourth-order valence-electron chi connectivity index (χ4n) is 2.71. The van der Waals surface area contributed by atoms with Gasteiger partial charge in [-0.2, -0.15) is 0 Å². The Morgan fingerprint density at radius 1 is 1.36 bits per heavy atom. The Kier molecular flexibility index (Phi) is 4.61. The van der Waals surface area contributed by atoms with Gasteiger partial charge in [-0.05, 0) is 24.0 Å². The van der Waals surface area contributed by atoms with Gasteiger partial charge in [0.15, 0.2) is 9.84 Å². The maximum absolute atomic E-state index is 12.8. The van der Waals surface area contributed by atoms with Crippen molar-refractivity contribution >= 4 is 15.7 Å². The van der Waals surface area contributed by atoms with Crippen molar-refractivity contribution in [1.29, 1.82) is 0 Å². The molecule has 1 aliphatic rings. The van der Waals surface area contributed by atoms with E-state index in [9.17, 15) is 13.2 Å². The number of aryl methyl sites for hydroxylation is 1. The minimum absolute atomic E-state index is 0.0235. The highest BCUT2D eigenvalue weighted by molar-refractivity contribution is 7.91. The van der Waals surface area contributed by atoms with E-state index >= 15 is 0 Å². The third kappa shape index (κ3) is 3.66. The van der Waals surface area contributed by atoms with Crippen LogP contribution in [0.4, 0.5) is 0 Å². The van der Waals surface area contributed by atoms with Gasteiger partial charge in [-0.25, -0.2) is 13.4 Å². The summed E-state index contributed by atoms with van der Waals surface area (Å²) in [5, 5.41) is 0. The SMILES string of the molecule is CCc1cccc(C(=O)N2CCS(=O)(=O)CC2C(C)(C)C)n1. The quantitative estimate of drug-likeness (QED) is 0.833. The number of nitrogens with zero attached hydrogens (tertiary/aromatic N) is 2. The molecule has 1 saturated heterocycles. The number of amides is 1. The van der Waals surface area contributed by atoms with E-state index in [4.69, 9.17) is 0 Å². The fourth-order valence-corrected chi connectivity index (χ4v) is 4.51. The normalized spacial score (nSPS) is 21.6. The summed E-state index contributed by atoms with van der Waals surface area (Å²) in [4.78, 5) is 18.9. The fraction of sp³-hybridized carbons (Fsp3) is 0.625. The summed E-state index contributed by atoms with van der Waals surface area (Å²) in [5.41, 5.74) is 0.960. The van der Waals surface area contributed by atoms with Crippen LogP contribution in [-0.4, -0.2) is 48.3 Å². The van der Waals surface area contributed by atoms with Crippen LogP contribution >= 0.6 is 0 Å². The molecule has 1 aromatic heterocycles. The highest BCUT2D eigenvalue weighted by Crippen LogP contribution is 2.29. The monoisotopic (exact) mass is 324 g/mol. The molecule has 1 aromatic rings. The van der Waals surface area contributed by atoms with Crippen molar-refractivity contribution in [3.05, 3.63) is 29.6 Å². The number of carbonyl (C=O) groups excluding carboxylic acids is 1. The molecule has 1 aliphatic heterocycles. The number of hydrogen-bond acceptors (Lipinski definition) is 4. The van der Waals surface area contributed by atoms with E-state index in [0.717, 1.165) is 12.1 Å². The van der Waals surface area contributed by atoms with Crippen molar-refractivity contribution in [2.45, 2.75) is 40.2 Å². The molecule has 0 aliphatic carbocycles. The molecule has 0 bridgehead atoms. The first kappa shape index (κ1) is 16.9. The van der Waals surface area contributed by atoms with Gasteiger partial charge in [0.25, 0.3) is 5.91 Å². The van der Waals surface area contributed by atoms with Crippen molar-refractivity contribution in [2.24, 2.45) is 5.41 Å². The summed E-state index contributed by atoms with van der Waals surface area (Å²) >= 11 is 0. The molecule has 0 radical (unpaired) electrons. The van der Waals surface area contributed by atoms with Gasteiger partial charge in [-0.1, -0.05) is 33.8 Å². The molecule has 0 spiro atoms. The summed E-state index contributed by atoms with van der Waals surface area (Å²) in [5.74, 6) is -0.126. The van der Waals surface area contributed by atoms with E-state index in [-0.39, 0.29) is 35.4 Å². The predicted octanol–water partition coefficient (Wildman–Crippen LogP) is 1.93. The number of pyridine rings is 1. The van der Waals surface area contributed by atoms with Crippen LogP contribution in [0.1, 0.15) is 43.9 Å². The average Bonchev–Trinajstić information content (AvgIpc) is 2.45. The van der Waals surface area contributed by atoms with E-state index in [1.54, 1.807) is 11.0 Å². The first-order valence-corrected chi connectivity index (χ1v) is 9.43. The molecule has 1 amide bonds. The Labute approximate surface area is 132 Å². The Bertz CT molecular complexity index is 662. The largest absolute Gasteiger partial charge is 0.332 e. The summed E-state index contributed by atoms with van der Waals surface area (Å²) in [6, 6.07) is 5.08. The van der Waals surface area contributed by atoms with Crippen LogP contribution in [0.3, 0.4) is 0 Å². The second-order valence-corrected chi connectivity index (χ2v) is 9.09. The van der Waals surface area contributed by atoms with E-state index in [1.807, 2.05) is 39.8 Å². The van der Waals surface area contributed by atoms with Crippen molar-refractivity contribution in [3.8, 4) is 0 Å². The lowest BCUT2D eigenvalue weighted by molar-refractivity contribution is 0.0556. The van der Waals surface area contributed by atoms with Crippen LogP contribution < -0.4 is 0 Å². The zero-order valence-corrected chi connectivity index (χ0v) is 14.5. The van der Waals surface area contributed by atoms with Crippen LogP contribution in [-0.2, 0) is 16.3 Å². The molecule has 0 N–H and O–H groups in total. The molecular weight excluding hydrogens is 300 g/mol. The summed E-state index contributed by atoms with van der Waals surface area (Å²) in [6.45, 7) is 8.13. The number of sulfone groups is 1. The molecule has 0 saturated carbocycles. The molecule has 1 fully saturated rings. The lowest BCUT2D eigenvalue weighted by Gasteiger charge is -2.42. The summed E-state index contributed by atoms with van der Waals surface area (Å²) in [6.07, 6.45) is 0.762. The van der Waals surface area contributed by atoms with Gasteiger partial charge in [0, 0.05) is 12.2 Å². The standard InChI is InChI=1S/C16H24N2O3S/c1-5-12-7-6-8-13(17-12)15(19)18-9-10-22(20,21)11-14(18)16(2,3)4/h6-8,14H,5,9-11H2,1-4H3. The minimum atomic E-state index is -3.09. The van der Waals surface area contributed by atoms with Gasteiger partial charge in [0.2, 0.25) is 0 Å². The second kappa shape index (κ2) is 5.99. The van der Waals surface area contributed by atoms with Gasteiger partial charge in [-0.15, -0.1) is 0 Å². The van der Waals surface area contributed by atoms with Crippen LogP contribution in [0.25, 0.3) is 0 Å². The van der Waals surface area contributed by atoms with Gasteiger partial charge in [-0.3, -0.25) is 4.79 Å².